The van der Waals surface area contributed by atoms with Crippen molar-refractivity contribution in [3.05, 3.63) is 59.1 Å². The molecule has 1 heterocycles. The fraction of sp³-hybridized carbons (Fsp3) is 0.333. The van der Waals surface area contributed by atoms with Crippen molar-refractivity contribution in [2.75, 3.05) is 25.5 Å². The number of nitrogens with zero attached hydrogens (tertiary/aromatic N) is 1. The molecular formula is C21H25ClN4O2. The Hall–Kier alpha value is -2.73. The molecule has 2 aromatic carbocycles. The van der Waals surface area contributed by atoms with Crippen LogP contribution in [0.15, 0.2) is 53.5 Å². The van der Waals surface area contributed by atoms with Crippen LogP contribution in [0.2, 0.25) is 5.02 Å². The van der Waals surface area contributed by atoms with Gasteiger partial charge in [0.15, 0.2) is 5.96 Å². The van der Waals surface area contributed by atoms with Crippen LogP contribution in [0.5, 0.6) is 5.75 Å². The minimum absolute atomic E-state index is 0.0389. The van der Waals surface area contributed by atoms with E-state index >= 15 is 0 Å². The van der Waals surface area contributed by atoms with E-state index in [4.69, 9.17) is 16.3 Å². The van der Waals surface area contributed by atoms with Crippen molar-refractivity contribution in [3.63, 3.8) is 0 Å². The van der Waals surface area contributed by atoms with E-state index in [9.17, 15) is 4.79 Å². The summed E-state index contributed by atoms with van der Waals surface area (Å²) in [7, 11) is 1.72. The predicted molar refractivity (Wildman–Crippen MR) is 113 cm³/mol. The summed E-state index contributed by atoms with van der Waals surface area (Å²) in [5, 5.41) is 10.1. The standard InChI is InChI=1S/C21H25ClN4O2/c1-14(28-17-7-5-6-16(22)11-17)12-24-21(23-2)25-13-15-10-20(27)26-19-9-4-3-8-18(15)19/h3-9,11,14-15H,10,12-13H2,1-2H3,(H,26,27)(H2,23,24,25). The molecule has 3 N–H and O–H groups in total. The zero-order valence-corrected chi connectivity index (χ0v) is 16.8. The van der Waals surface area contributed by atoms with Crippen LogP contribution in [0, 0.1) is 0 Å². The quantitative estimate of drug-likeness (QED) is 0.513. The van der Waals surface area contributed by atoms with Gasteiger partial charge in [-0.2, -0.15) is 0 Å². The lowest BCUT2D eigenvalue weighted by Crippen LogP contribution is -2.43. The van der Waals surface area contributed by atoms with Gasteiger partial charge in [0.1, 0.15) is 11.9 Å². The second-order valence-electron chi connectivity index (χ2n) is 6.76. The molecular weight excluding hydrogens is 376 g/mol. The van der Waals surface area contributed by atoms with Gasteiger partial charge in [-0.3, -0.25) is 9.79 Å². The van der Waals surface area contributed by atoms with E-state index in [1.54, 1.807) is 13.1 Å². The van der Waals surface area contributed by atoms with E-state index in [0.29, 0.717) is 30.5 Å². The third-order valence-corrected chi connectivity index (χ3v) is 4.77. The maximum absolute atomic E-state index is 12.0. The molecule has 7 heteroatoms. The summed E-state index contributed by atoms with van der Waals surface area (Å²) in [6.07, 6.45) is 0.383. The molecule has 2 atom stereocenters. The fourth-order valence-electron chi connectivity index (χ4n) is 3.18. The molecule has 1 aliphatic heterocycles. The second kappa shape index (κ2) is 9.46. The summed E-state index contributed by atoms with van der Waals surface area (Å²) in [5.74, 6) is 1.54. The number of hydrogen-bond acceptors (Lipinski definition) is 3. The van der Waals surface area contributed by atoms with E-state index in [1.807, 2.05) is 43.3 Å². The molecule has 0 aliphatic carbocycles. The Morgan fingerprint density at radius 3 is 2.89 bits per heavy atom. The van der Waals surface area contributed by atoms with Crippen molar-refractivity contribution in [2.45, 2.75) is 25.4 Å². The van der Waals surface area contributed by atoms with Crippen molar-refractivity contribution in [1.29, 1.82) is 0 Å². The number of carbonyl (C=O) groups is 1. The van der Waals surface area contributed by atoms with Crippen LogP contribution in [0.25, 0.3) is 0 Å². The number of nitrogens with one attached hydrogen (secondary N) is 3. The minimum Gasteiger partial charge on any atom is -0.489 e. The summed E-state index contributed by atoms with van der Waals surface area (Å²) in [4.78, 5) is 16.2. The molecule has 0 bridgehead atoms. The van der Waals surface area contributed by atoms with E-state index in [0.717, 1.165) is 17.0 Å². The highest BCUT2D eigenvalue weighted by atomic mass is 35.5. The van der Waals surface area contributed by atoms with Crippen LogP contribution in [0.3, 0.4) is 0 Å². The number of fused-ring (bicyclic) bond motifs is 1. The van der Waals surface area contributed by atoms with E-state index in [2.05, 4.69) is 27.0 Å². The maximum atomic E-state index is 12.0. The van der Waals surface area contributed by atoms with Crippen molar-refractivity contribution in [2.24, 2.45) is 4.99 Å². The number of hydrogen-bond donors (Lipinski definition) is 3. The van der Waals surface area contributed by atoms with Crippen LogP contribution >= 0.6 is 11.6 Å². The Balaban J connectivity index is 1.50. The largest absolute Gasteiger partial charge is 0.489 e. The van der Waals surface area contributed by atoms with Crippen molar-refractivity contribution >= 4 is 29.2 Å². The number of aliphatic imine (C=N–C) groups is 1. The zero-order chi connectivity index (χ0) is 19.9. The lowest BCUT2D eigenvalue weighted by atomic mass is 9.90. The lowest BCUT2D eigenvalue weighted by molar-refractivity contribution is -0.116. The molecule has 3 rings (SSSR count). The number of rotatable bonds is 6. The highest BCUT2D eigenvalue weighted by Crippen LogP contribution is 2.31. The average Bonchev–Trinajstić information content (AvgIpc) is 2.67. The first-order chi connectivity index (χ1) is 13.5. The summed E-state index contributed by atoms with van der Waals surface area (Å²) in [6.45, 7) is 3.17. The molecule has 0 aromatic heterocycles. The molecule has 6 nitrogen and oxygen atoms in total. The zero-order valence-electron chi connectivity index (χ0n) is 16.0. The Bertz CT molecular complexity index is 856. The maximum Gasteiger partial charge on any atom is 0.225 e. The first-order valence-electron chi connectivity index (χ1n) is 9.30. The Morgan fingerprint density at radius 2 is 2.11 bits per heavy atom. The molecule has 1 amide bonds. The van der Waals surface area contributed by atoms with Gasteiger partial charge in [0, 0.05) is 36.6 Å². The van der Waals surface area contributed by atoms with Gasteiger partial charge in [0.05, 0.1) is 6.54 Å². The summed E-state index contributed by atoms with van der Waals surface area (Å²) in [5.41, 5.74) is 2.03. The van der Waals surface area contributed by atoms with Gasteiger partial charge >= 0.3 is 0 Å². The van der Waals surface area contributed by atoms with Gasteiger partial charge in [0.25, 0.3) is 0 Å². The number of guanidine groups is 1. The summed E-state index contributed by atoms with van der Waals surface area (Å²) in [6, 6.07) is 15.2. The smallest absolute Gasteiger partial charge is 0.225 e. The summed E-state index contributed by atoms with van der Waals surface area (Å²) >= 11 is 5.99. The van der Waals surface area contributed by atoms with Gasteiger partial charge in [-0.05, 0) is 36.8 Å². The highest BCUT2D eigenvalue weighted by molar-refractivity contribution is 6.30. The second-order valence-corrected chi connectivity index (χ2v) is 7.19. The van der Waals surface area contributed by atoms with E-state index in [-0.39, 0.29) is 17.9 Å². The third kappa shape index (κ3) is 5.39. The fourth-order valence-corrected chi connectivity index (χ4v) is 3.36. The monoisotopic (exact) mass is 400 g/mol. The average molecular weight is 401 g/mol. The minimum atomic E-state index is -0.0711. The Labute approximate surface area is 170 Å². The predicted octanol–water partition coefficient (Wildman–Crippen LogP) is 3.40. The Kier molecular flexibility index (Phi) is 6.76. The molecule has 2 aromatic rings. The molecule has 0 saturated carbocycles. The molecule has 148 valence electrons. The SMILES string of the molecule is CN=C(NCC(C)Oc1cccc(Cl)c1)NCC1CC(=O)Nc2ccccc21. The number of carbonyl (C=O) groups excluding carboxylic acids is 1. The number of halogens is 1. The van der Waals surface area contributed by atoms with E-state index < -0.39 is 0 Å². The molecule has 1 aliphatic rings. The third-order valence-electron chi connectivity index (χ3n) is 4.54. The van der Waals surface area contributed by atoms with Crippen molar-refractivity contribution in [1.82, 2.24) is 10.6 Å². The Morgan fingerprint density at radius 1 is 1.29 bits per heavy atom. The van der Waals surface area contributed by atoms with Gasteiger partial charge in [0.2, 0.25) is 5.91 Å². The number of amides is 1. The van der Waals surface area contributed by atoms with Crippen LogP contribution in [-0.4, -0.2) is 38.1 Å². The van der Waals surface area contributed by atoms with Gasteiger partial charge in [-0.15, -0.1) is 0 Å². The molecule has 0 fully saturated rings. The van der Waals surface area contributed by atoms with Crippen molar-refractivity contribution in [3.8, 4) is 5.75 Å². The van der Waals surface area contributed by atoms with Gasteiger partial charge in [-0.25, -0.2) is 0 Å². The highest BCUT2D eigenvalue weighted by Gasteiger charge is 2.24. The number of anilines is 1. The van der Waals surface area contributed by atoms with Gasteiger partial charge < -0.3 is 20.7 Å². The molecule has 28 heavy (non-hydrogen) atoms. The van der Waals surface area contributed by atoms with Crippen LogP contribution in [-0.2, 0) is 4.79 Å². The number of benzene rings is 2. The molecule has 2 unspecified atom stereocenters. The molecule has 0 saturated heterocycles. The van der Waals surface area contributed by atoms with Crippen LogP contribution in [0.4, 0.5) is 5.69 Å². The lowest BCUT2D eigenvalue weighted by Gasteiger charge is -2.26. The van der Waals surface area contributed by atoms with E-state index in [1.165, 1.54) is 0 Å². The topological polar surface area (TPSA) is 74.8 Å². The molecule has 0 radical (unpaired) electrons. The van der Waals surface area contributed by atoms with Gasteiger partial charge in [-0.1, -0.05) is 35.9 Å². The number of para-hydroxylation sites is 1. The summed E-state index contributed by atoms with van der Waals surface area (Å²) < 4.78 is 5.86. The first kappa shape index (κ1) is 20.0. The first-order valence-corrected chi connectivity index (χ1v) is 9.68. The van der Waals surface area contributed by atoms with Crippen LogP contribution in [0.1, 0.15) is 24.8 Å². The van der Waals surface area contributed by atoms with Crippen LogP contribution < -0.4 is 20.7 Å². The van der Waals surface area contributed by atoms with Crippen molar-refractivity contribution < 1.29 is 9.53 Å². The normalized spacial score (nSPS) is 17.3. The molecule has 0 spiro atoms. The number of ether oxygens (including phenoxy) is 1.